The molecule has 4 aromatic rings. The number of fused-ring (bicyclic) bond motifs is 1. The van der Waals surface area contributed by atoms with Crippen LogP contribution in [0.3, 0.4) is 0 Å². The van der Waals surface area contributed by atoms with Gasteiger partial charge in [0.05, 0.1) is 18.4 Å². The van der Waals surface area contributed by atoms with Gasteiger partial charge in [-0.1, -0.05) is 36.4 Å². The minimum atomic E-state index is -0.452. The second-order valence-electron chi connectivity index (χ2n) is 9.47. The molecule has 41 heavy (non-hydrogen) atoms. The van der Waals surface area contributed by atoms with Crippen LogP contribution in [0, 0.1) is 5.82 Å². The van der Waals surface area contributed by atoms with E-state index >= 15 is 0 Å². The number of ether oxygens (including phenoxy) is 1. The molecule has 0 saturated carbocycles. The number of thiophene rings is 1. The van der Waals surface area contributed by atoms with Gasteiger partial charge in [0.15, 0.2) is 0 Å². The molecule has 7 nitrogen and oxygen atoms in total. The van der Waals surface area contributed by atoms with Crippen molar-refractivity contribution in [2.45, 2.75) is 24.4 Å². The van der Waals surface area contributed by atoms with E-state index in [1.165, 1.54) is 60.0 Å². The molecule has 2 amide bonds. The van der Waals surface area contributed by atoms with Gasteiger partial charge in [0, 0.05) is 40.7 Å². The molecule has 1 aromatic heterocycles. The highest BCUT2D eigenvalue weighted by molar-refractivity contribution is 8.00. The summed E-state index contributed by atoms with van der Waals surface area (Å²) >= 11 is 2.73. The number of nitrogens with one attached hydrogen (secondary N) is 2. The van der Waals surface area contributed by atoms with Crippen molar-refractivity contribution < 1.29 is 23.5 Å². The summed E-state index contributed by atoms with van der Waals surface area (Å²) in [6.07, 6.45) is 0.699. The van der Waals surface area contributed by atoms with E-state index in [9.17, 15) is 18.8 Å². The fourth-order valence-corrected chi connectivity index (χ4v) is 6.67. The van der Waals surface area contributed by atoms with Gasteiger partial charge in [-0.2, -0.15) is 0 Å². The molecule has 2 heterocycles. The SMILES string of the molecule is COC(=O)c1c(NC(=O)CSc2cccc(NC(=O)c3ccc(F)cc3)c2)sc2c1CCN(Cc1ccccc1)C2. The lowest BCUT2D eigenvalue weighted by Gasteiger charge is -2.27. The van der Waals surface area contributed by atoms with Crippen molar-refractivity contribution in [1.82, 2.24) is 4.90 Å². The van der Waals surface area contributed by atoms with E-state index in [-0.39, 0.29) is 17.6 Å². The van der Waals surface area contributed by atoms with Crippen LogP contribution in [-0.4, -0.2) is 42.1 Å². The summed E-state index contributed by atoms with van der Waals surface area (Å²) in [6.45, 7) is 2.31. The molecule has 0 fully saturated rings. The van der Waals surface area contributed by atoms with Crippen molar-refractivity contribution >= 4 is 51.6 Å². The molecule has 0 saturated heterocycles. The van der Waals surface area contributed by atoms with Crippen LogP contribution < -0.4 is 10.6 Å². The molecule has 1 aliphatic heterocycles. The number of rotatable bonds is 9. The monoisotopic (exact) mass is 589 g/mol. The maximum atomic E-state index is 13.2. The number of anilines is 2. The van der Waals surface area contributed by atoms with Crippen LogP contribution in [0.25, 0.3) is 0 Å². The molecule has 0 bridgehead atoms. The van der Waals surface area contributed by atoms with Crippen LogP contribution in [0.15, 0.2) is 83.8 Å². The van der Waals surface area contributed by atoms with Crippen LogP contribution in [0.1, 0.15) is 36.7 Å². The fourth-order valence-electron chi connectivity index (χ4n) is 4.62. The molecule has 5 rings (SSSR count). The number of thioether (sulfide) groups is 1. The number of amides is 2. The number of hydrogen-bond acceptors (Lipinski definition) is 7. The third-order valence-corrected chi connectivity index (χ3v) is 8.72. The van der Waals surface area contributed by atoms with Crippen molar-refractivity contribution in [2.24, 2.45) is 0 Å². The molecule has 2 N–H and O–H groups in total. The quantitative estimate of drug-likeness (QED) is 0.178. The van der Waals surface area contributed by atoms with Gasteiger partial charge in [0.25, 0.3) is 5.91 Å². The highest BCUT2D eigenvalue weighted by Crippen LogP contribution is 2.38. The summed E-state index contributed by atoms with van der Waals surface area (Å²) in [5, 5.41) is 6.23. The van der Waals surface area contributed by atoms with E-state index in [2.05, 4.69) is 27.7 Å². The molecule has 1 aliphatic rings. The Balaban J connectivity index is 1.22. The lowest BCUT2D eigenvalue weighted by molar-refractivity contribution is -0.113. The molecule has 0 spiro atoms. The molecule has 0 aliphatic carbocycles. The van der Waals surface area contributed by atoms with Crippen molar-refractivity contribution in [1.29, 1.82) is 0 Å². The maximum Gasteiger partial charge on any atom is 0.341 e. The second-order valence-corrected chi connectivity index (χ2v) is 11.6. The van der Waals surface area contributed by atoms with Crippen LogP contribution in [0.5, 0.6) is 0 Å². The first-order chi connectivity index (χ1) is 19.9. The van der Waals surface area contributed by atoms with E-state index in [4.69, 9.17) is 4.74 Å². The van der Waals surface area contributed by atoms with Crippen molar-refractivity contribution in [2.75, 3.05) is 30.0 Å². The van der Waals surface area contributed by atoms with E-state index in [0.29, 0.717) is 34.8 Å². The fraction of sp³-hybridized carbons (Fsp3) is 0.194. The zero-order valence-electron chi connectivity index (χ0n) is 22.3. The molecule has 0 radical (unpaired) electrons. The van der Waals surface area contributed by atoms with Gasteiger partial charge < -0.3 is 15.4 Å². The van der Waals surface area contributed by atoms with Crippen LogP contribution in [0.2, 0.25) is 0 Å². The van der Waals surface area contributed by atoms with E-state index in [0.717, 1.165) is 28.4 Å². The molecule has 0 unspecified atom stereocenters. The standard InChI is InChI=1S/C31H28FN3O4S2/c1-39-31(38)28-25-14-15-35(17-20-6-3-2-4-7-20)18-26(25)41-30(28)34-27(36)19-40-24-9-5-8-23(16-24)33-29(37)21-10-12-22(32)13-11-21/h2-13,16H,14-15,17-19H2,1H3,(H,33,37)(H,34,36). The van der Waals surface area contributed by atoms with Gasteiger partial charge in [0.2, 0.25) is 5.91 Å². The Morgan fingerprint density at radius 1 is 1.00 bits per heavy atom. The van der Waals surface area contributed by atoms with E-state index in [1.807, 2.05) is 24.3 Å². The van der Waals surface area contributed by atoms with Crippen molar-refractivity contribution in [3.05, 3.63) is 112 Å². The minimum Gasteiger partial charge on any atom is -0.465 e. The number of halogens is 1. The van der Waals surface area contributed by atoms with E-state index in [1.54, 1.807) is 18.2 Å². The average Bonchev–Trinajstić information content (AvgIpc) is 3.33. The highest BCUT2D eigenvalue weighted by Gasteiger charge is 2.29. The molecule has 0 atom stereocenters. The second kappa shape index (κ2) is 13.1. The number of nitrogens with zero attached hydrogens (tertiary/aromatic N) is 1. The zero-order chi connectivity index (χ0) is 28.8. The predicted molar refractivity (Wildman–Crippen MR) is 160 cm³/mol. The Kier molecular flexibility index (Phi) is 9.13. The number of esters is 1. The van der Waals surface area contributed by atoms with Gasteiger partial charge in [-0.15, -0.1) is 23.1 Å². The molecular formula is C31H28FN3O4S2. The van der Waals surface area contributed by atoms with E-state index < -0.39 is 11.8 Å². The van der Waals surface area contributed by atoms with Crippen LogP contribution >= 0.6 is 23.1 Å². The lowest BCUT2D eigenvalue weighted by Crippen LogP contribution is -2.29. The molecule has 210 valence electrons. The first-order valence-corrected chi connectivity index (χ1v) is 14.8. The van der Waals surface area contributed by atoms with Gasteiger partial charge in [-0.3, -0.25) is 14.5 Å². The number of carbonyl (C=O) groups excluding carboxylic acids is 3. The molecular weight excluding hydrogens is 561 g/mol. The van der Waals surface area contributed by atoms with Gasteiger partial charge in [-0.05, 0) is 60.0 Å². The Bertz CT molecular complexity index is 1560. The number of benzene rings is 3. The topological polar surface area (TPSA) is 87.7 Å². The Hall–Kier alpha value is -3.99. The summed E-state index contributed by atoms with van der Waals surface area (Å²) in [5.41, 5.74) is 3.51. The van der Waals surface area contributed by atoms with Gasteiger partial charge >= 0.3 is 5.97 Å². The first kappa shape index (κ1) is 28.5. The summed E-state index contributed by atoms with van der Waals surface area (Å²) in [6, 6.07) is 22.7. The predicted octanol–water partition coefficient (Wildman–Crippen LogP) is 6.22. The molecule has 3 aromatic carbocycles. The summed E-state index contributed by atoms with van der Waals surface area (Å²) in [5.74, 6) is -1.36. The van der Waals surface area contributed by atoms with Crippen LogP contribution in [0.4, 0.5) is 15.1 Å². The summed E-state index contributed by atoms with van der Waals surface area (Å²) < 4.78 is 18.2. The number of methoxy groups -OCH3 is 1. The summed E-state index contributed by atoms with van der Waals surface area (Å²) in [4.78, 5) is 42.3. The third-order valence-electron chi connectivity index (χ3n) is 6.60. The summed E-state index contributed by atoms with van der Waals surface area (Å²) in [7, 11) is 1.35. The Morgan fingerprint density at radius 2 is 1.78 bits per heavy atom. The lowest BCUT2D eigenvalue weighted by atomic mass is 10.0. The Labute approximate surface area is 245 Å². The maximum absolute atomic E-state index is 13.2. The third kappa shape index (κ3) is 7.21. The number of carbonyl (C=O) groups is 3. The average molecular weight is 590 g/mol. The van der Waals surface area contributed by atoms with Crippen molar-refractivity contribution in [3.8, 4) is 0 Å². The van der Waals surface area contributed by atoms with Gasteiger partial charge in [0.1, 0.15) is 10.8 Å². The first-order valence-electron chi connectivity index (χ1n) is 13.0. The van der Waals surface area contributed by atoms with Gasteiger partial charge in [-0.25, -0.2) is 9.18 Å². The zero-order valence-corrected chi connectivity index (χ0v) is 23.9. The number of hydrogen-bond donors (Lipinski definition) is 2. The smallest absolute Gasteiger partial charge is 0.341 e. The Morgan fingerprint density at radius 3 is 2.54 bits per heavy atom. The highest BCUT2D eigenvalue weighted by atomic mass is 32.2. The van der Waals surface area contributed by atoms with Crippen molar-refractivity contribution in [3.63, 3.8) is 0 Å². The van der Waals surface area contributed by atoms with Crippen LogP contribution in [-0.2, 0) is 29.0 Å². The minimum absolute atomic E-state index is 0.110. The normalized spacial score (nSPS) is 12.8. The largest absolute Gasteiger partial charge is 0.465 e. The molecule has 10 heteroatoms.